The standard InChI is InChI=1S/C19H23N3O3/c1-14-12-22(9-10-25-14)13-15-3-5-16(6-4-15)19(23)21-17-7-8-18(24-2)20-11-17/h3-8,11,14H,9-10,12-13H2,1-2H3,(H,21,23). The van der Waals surface area contributed by atoms with Crippen LogP contribution in [0, 0.1) is 0 Å². The molecule has 25 heavy (non-hydrogen) atoms. The van der Waals surface area contributed by atoms with Crippen LogP contribution in [0.3, 0.4) is 0 Å². The van der Waals surface area contributed by atoms with Crippen molar-refractivity contribution in [1.82, 2.24) is 9.88 Å². The molecule has 6 nitrogen and oxygen atoms in total. The van der Waals surface area contributed by atoms with E-state index in [1.54, 1.807) is 25.4 Å². The number of pyridine rings is 1. The van der Waals surface area contributed by atoms with E-state index in [1.165, 1.54) is 5.56 Å². The summed E-state index contributed by atoms with van der Waals surface area (Å²) in [6, 6.07) is 11.2. The van der Waals surface area contributed by atoms with Gasteiger partial charge < -0.3 is 14.8 Å². The Kier molecular flexibility index (Phi) is 5.63. The van der Waals surface area contributed by atoms with Gasteiger partial charge >= 0.3 is 0 Å². The fraction of sp³-hybridized carbons (Fsp3) is 0.368. The number of ether oxygens (including phenoxy) is 2. The van der Waals surface area contributed by atoms with Crippen molar-refractivity contribution in [3.63, 3.8) is 0 Å². The van der Waals surface area contributed by atoms with Crippen LogP contribution in [0.4, 0.5) is 5.69 Å². The van der Waals surface area contributed by atoms with Gasteiger partial charge in [0, 0.05) is 31.3 Å². The summed E-state index contributed by atoms with van der Waals surface area (Å²) in [7, 11) is 1.56. The van der Waals surface area contributed by atoms with Crippen LogP contribution in [0.25, 0.3) is 0 Å². The first-order valence-electron chi connectivity index (χ1n) is 8.38. The molecule has 1 aromatic heterocycles. The van der Waals surface area contributed by atoms with Crippen LogP contribution in [0.2, 0.25) is 0 Å². The van der Waals surface area contributed by atoms with E-state index < -0.39 is 0 Å². The Bertz CT molecular complexity index is 701. The average molecular weight is 341 g/mol. The molecule has 0 bridgehead atoms. The van der Waals surface area contributed by atoms with Gasteiger partial charge in [0.1, 0.15) is 0 Å². The zero-order chi connectivity index (χ0) is 17.6. The topological polar surface area (TPSA) is 63.7 Å². The van der Waals surface area contributed by atoms with Crippen molar-refractivity contribution < 1.29 is 14.3 Å². The molecule has 1 fully saturated rings. The smallest absolute Gasteiger partial charge is 0.255 e. The number of amides is 1. The predicted molar refractivity (Wildman–Crippen MR) is 95.9 cm³/mol. The second kappa shape index (κ2) is 8.09. The monoisotopic (exact) mass is 341 g/mol. The largest absolute Gasteiger partial charge is 0.481 e. The maximum atomic E-state index is 12.3. The summed E-state index contributed by atoms with van der Waals surface area (Å²) in [6.45, 7) is 5.62. The van der Waals surface area contributed by atoms with Crippen molar-refractivity contribution in [2.24, 2.45) is 0 Å². The number of carbonyl (C=O) groups excluding carboxylic acids is 1. The fourth-order valence-electron chi connectivity index (χ4n) is 2.83. The molecular weight excluding hydrogens is 318 g/mol. The number of benzene rings is 1. The van der Waals surface area contributed by atoms with Crippen molar-refractivity contribution >= 4 is 11.6 Å². The van der Waals surface area contributed by atoms with E-state index in [-0.39, 0.29) is 12.0 Å². The molecule has 1 amide bonds. The van der Waals surface area contributed by atoms with Crippen LogP contribution in [0.5, 0.6) is 5.88 Å². The number of aromatic nitrogens is 1. The lowest BCUT2D eigenvalue weighted by Crippen LogP contribution is -2.40. The van der Waals surface area contributed by atoms with E-state index in [0.717, 1.165) is 26.2 Å². The lowest BCUT2D eigenvalue weighted by molar-refractivity contribution is -0.0212. The van der Waals surface area contributed by atoms with Crippen molar-refractivity contribution in [2.45, 2.75) is 19.6 Å². The molecule has 1 aromatic carbocycles. The lowest BCUT2D eigenvalue weighted by Gasteiger charge is -2.31. The van der Waals surface area contributed by atoms with Crippen molar-refractivity contribution in [3.8, 4) is 5.88 Å². The number of morpholine rings is 1. The SMILES string of the molecule is COc1ccc(NC(=O)c2ccc(CN3CCOC(C)C3)cc2)cn1. The zero-order valence-electron chi connectivity index (χ0n) is 14.6. The van der Waals surface area contributed by atoms with E-state index in [0.29, 0.717) is 17.1 Å². The molecule has 1 atom stereocenters. The van der Waals surface area contributed by atoms with Gasteiger partial charge in [-0.15, -0.1) is 0 Å². The van der Waals surface area contributed by atoms with Crippen LogP contribution in [-0.2, 0) is 11.3 Å². The number of methoxy groups -OCH3 is 1. The third kappa shape index (κ3) is 4.78. The van der Waals surface area contributed by atoms with Crippen LogP contribution >= 0.6 is 0 Å². The molecule has 0 saturated carbocycles. The molecule has 1 saturated heterocycles. The van der Waals surface area contributed by atoms with Crippen LogP contribution in [0.1, 0.15) is 22.8 Å². The molecule has 1 unspecified atom stereocenters. The molecule has 0 aliphatic carbocycles. The summed E-state index contributed by atoms with van der Waals surface area (Å²) in [5.41, 5.74) is 2.45. The van der Waals surface area contributed by atoms with Crippen LogP contribution < -0.4 is 10.1 Å². The summed E-state index contributed by atoms with van der Waals surface area (Å²) >= 11 is 0. The van der Waals surface area contributed by atoms with Gasteiger partial charge in [0.15, 0.2) is 0 Å². The van der Waals surface area contributed by atoms with Gasteiger partial charge in [-0.05, 0) is 30.7 Å². The van der Waals surface area contributed by atoms with Gasteiger partial charge in [-0.3, -0.25) is 9.69 Å². The quantitative estimate of drug-likeness (QED) is 0.905. The average Bonchev–Trinajstić information content (AvgIpc) is 2.63. The van der Waals surface area contributed by atoms with E-state index in [1.807, 2.05) is 24.3 Å². The highest BCUT2D eigenvalue weighted by atomic mass is 16.5. The lowest BCUT2D eigenvalue weighted by atomic mass is 10.1. The Morgan fingerprint density at radius 2 is 2.12 bits per heavy atom. The van der Waals surface area contributed by atoms with Crippen LogP contribution in [-0.4, -0.2) is 48.7 Å². The van der Waals surface area contributed by atoms with Gasteiger partial charge in [-0.25, -0.2) is 4.98 Å². The molecule has 6 heteroatoms. The third-order valence-electron chi connectivity index (χ3n) is 4.15. The Balaban J connectivity index is 1.58. The first-order valence-corrected chi connectivity index (χ1v) is 8.38. The molecule has 1 aliphatic rings. The minimum atomic E-state index is -0.154. The number of nitrogens with one attached hydrogen (secondary N) is 1. The normalized spacial score (nSPS) is 17.9. The number of anilines is 1. The van der Waals surface area contributed by atoms with Crippen LogP contribution in [0.15, 0.2) is 42.6 Å². The summed E-state index contributed by atoms with van der Waals surface area (Å²) in [5, 5.41) is 2.83. The highest BCUT2D eigenvalue weighted by Crippen LogP contribution is 2.14. The number of nitrogens with zero attached hydrogens (tertiary/aromatic N) is 2. The van der Waals surface area contributed by atoms with Gasteiger partial charge in [0.05, 0.1) is 31.7 Å². The zero-order valence-corrected chi connectivity index (χ0v) is 14.6. The van der Waals surface area contributed by atoms with E-state index in [4.69, 9.17) is 9.47 Å². The minimum absolute atomic E-state index is 0.154. The second-order valence-electron chi connectivity index (χ2n) is 6.16. The molecule has 2 heterocycles. The Labute approximate surface area is 147 Å². The molecule has 0 spiro atoms. The van der Waals surface area contributed by atoms with Gasteiger partial charge in [-0.1, -0.05) is 12.1 Å². The Morgan fingerprint density at radius 3 is 2.76 bits per heavy atom. The number of rotatable bonds is 5. The van der Waals surface area contributed by atoms with Gasteiger partial charge in [0.25, 0.3) is 5.91 Å². The summed E-state index contributed by atoms with van der Waals surface area (Å²) in [4.78, 5) is 18.8. The molecule has 1 aliphatic heterocycles. The summed E-state index contributed by atoms with van der Waals surface area (Å²) in [6.07, 6.45) is 1.85. The highest BCUT2D eigenvalue weighted by Gasteiger charge is 2.16. The first-order chi connectivity index (χ1) is 12.1. The molecular formula is C19H23N3O3. The molecule has 1 N–H and O–H groups in total. The predicted octanol–water partition coefficient (Wildman–Crippen LogP) is 2.56. The van der Waals surface area contributed by atoms with Crippen molar-refractivity contribution in [2.75, 3.05) is 32.1 Å². The van der Waals surface area contributed by atoms with E-state index in [2.05, 4.69) is 22.1 Å². The maximum absolute atomic E-state index is 12.3. The molecule has 3 rings (SSSR count). The Morgan fingerprint density at radius 1 is 1.32 bits per heavy atom. The third-order valence-corrected chi connectivity index (χ3v) is 4.15. The van der Waals surface area contributed by atoms with E-state index in [9.17, 15) is 4.79 Å². The maximum Gasteiger partial charge on any atom is 0.255 e. The Hall–Kier alpha value is -2.44. The second-order valence-corrected chi connectivity index (χ2v) is 6.16. The van der Waals surface area contributed by atoms with Crippen molar-refractivity contribution in [1.29, 1.82) is 0 Å². The molecule has 132 valence electrons. The number of hydrogen-bond donors (Lipinski definition) is 1. The number of hydrogen-bond acceptors (Lipinski definition) is 5. The van der Waals surface area contributed by atoms with Crippen molar-refractivity contribution in [3.05, 3.63) is 53.7 Å². The fourth-order valence-corrected chi connectivity index (χ4v) is 2.83. The summed E-state index contributed by atoms with van der Waals surface area (Å²) in [5.74, 6) is 0.360. The first kappa shape index (κ1) is 17.4. The van der Waals surface area contributed by atoms with Gasteiger partial charge in [0.2, 0.25) is 5.88 Å². The molecule has 0 radical (unpaired) electrons. The highest BCUT2D eigenvalue weighted by molar-refractivity contribution is 6.04. The minimum Gasteiger partial charge on any atom is -0.481 e. The number of carbonyl (C=O) groups is 1. The van der Waals surface area contributed by atoms with E-state index >= 15 is 0 Å². The molecule has 2 aromatic rings. The van der Waals surface area contributed by atoms with Gasteiger partial charge in [-0.2, -0.15) is 0 Å². The summed E-state index contributed by atoms with van der Waals surface area (Å²) < 4.78 is 10.6.